The zero-order chi connectivity index (χ0) is 21.8. The summed E-state index contributed by atoms with van der Waals surface area (Å²) < 4.78 is 5.41. The van der Waals surface area contributed by atoms with E-state index in [0.29, 0.717) is 26.2 Å². The van der Waals surface area contributed by atoms with Crippen LogP contribution in [-0.4, -0.2) is 59.9 Å². The number of aromatic nitrogens is 1. The molecular formula is C22H30N4O3S. The van der Waals surface area contributed by atoms with Crippen LogP contribution in [0.15, 0.2) is 17.5 Å². The molecule has 0 spiro atoms. The molecule has 1 aliphatic heterocycles. The summed E-state index contributed by atoms with van der Waals surface area (Å²) in [5, 5.41) is 5.78. The summed E-state index contributed by atoms with van der Waals surface area (Å²) in [6.45, 7) is 8.43. The van der Waals surface area contributed by atoms with Gasteiger partial charge in [-0.25, -0.2) is 4.98 Å². The van der Waals surface area contributed by atoms with E-state index in [0.717, 1.165) is 33.1 Å². The smallest absolute Gasteiger partial charge is 0.237 e. The Labute approximate surface area is 182 Å². The van der Waals surface area contributed by atoms with Crippen molar-refractivity contribution in [1.29, 1.82) is 0 Å². The number of carbonyl (C=O) groups excluding carboxylic acids is 2. The lowest BCUT2D eigenvalue weighted by Crippen LogP contribution is -2.56. The quantitative estimate of drug-likeness (QED) is 0.730. The van der Waals surface area contributed by atoms with Crippen LogP contribution in [0.5, 0.6) is 5.75 Å². The Hall–Kier alpha value is -2.45. The summed E-state index contributed by atoms with van der Waals surface area (Å²) in [5.41, 5.74) is 4.36. The number of rotatable bonds is 7. The third-order valence-electron chi connectivity index (χ3n) is 5.72. The maximum atomic E-state index is 12.9. The molecule has 3 rings (SSSR count). The van der Waals surface area contributed by atoms with Gasteiger partial charge in [-0.05, 0) is 43.5 Å². The van der Waals surface area contributed by atoms with E-state index in [2.05, 4.69) is 22.1 Å². The number of carbonyl (C=O) groups is 2. The molecule has 0 aliphatic carbocycles. The van der Waals surface area contributed by atoms with Crippen LogP contribution >= 0.6 is 11.3 Å². The molecule has 1 aromatic heterocycles. The molecule has 2 heterocycles. The Morgan fingerprint density at radius 1 is 1.33 bits per heavy atom. The first-order chi connectivity index (χ1) is 14.3. The highest BCUT2D eigenvalue weighted by molar-refractivity contribution is 7.09. The van der Waals surface area contributed by atoms with Gasteiger partial charge in [-0.1, -0.05) is 6.07 Å². The van der Waals surface area contributed by atoms with Gasteiger partial charge in [0, 0.05) is 37.8 Å². The molecule has 162 valence electrons. The van der Waals surface area contributed by atoms with Crippen LogP contribution in [0.3, 0.4) is 0 Å². The van der Waals surface area contributed by atoms with E-state index in [9.17, 15) is 9.59 Å². The predicted octanol–water partition coefficient (Wildman–Crippen LogP) is 2.43. The van der Waals surface area contributed by atoms with Gasteiger partial charge in [0.05, 0.1) is 26.1 Å². The van der Waals surface area contributed by atoms with Gasteiger partial charge in [-0.15, -0.1) is 11.3 Å². The van der Waals surface area contributed by atoms with Gasteiger partial charge in [0.2, 0.25) is 11.8 Å². The second-order valence-electron chi connectivity index (χ2n) is 7.79. The Morgan fingerprint density at radius 3 is 2.77 bits per heavy atom. The van der Waals surface area contributed by atoms with Crippen LogP contribution in [0.2, 0.25) is 0 Å². The normalized spacial score (nSPS) is 17.0. The summed E-state index contributed by atoms with van der Waals surface area (Å²) in [7, 11) is 3.43. The van der Waals surface area contributed by atoms with Crippen LogP contribution in [-0.2, 0) is 22.7 Å². The summed E-state index contributed by atoms with van der Waals surface area (Å²) in [5.74, 6) is 0.715. The number of nitrogens with one attached hydrogen (secondary N) is 1. The first kappa shape index (κ1) is 22.2. The number of hydrogen-bond donors (Lipinski definition) is 1. The molecule has 1 atom stereocenters. The first-order valence-electron chi connectivity index (χ1n) is 10.1. The number of amides is 2. The van der Waals surface area contributed by atoms with Gasteiger partial charge < -0.3 is 15.0 Å². The lowest BCUT2D eigenvalue weighted by molar-refractivity contribution is -0.138. The summed E-state index contributed by atoms with van der Waals surface area (Å²) in [6.07, 6.45) is 0.154. The number of ether oxygens (including phenoxy) is 1. The van der Waals surface area contributed by atoms with E-state index in [1.807, 2.05) is 31.4 Å². The van der Waals surface area contributed by atoms with E-state index in [1.165, 1.54) is 0 Å². The third kappa shape index (κ3) is 4.99. The van der Waals surface area contributed by atoms with E-state index >= 15 is 0 Å². The third-order valence-corrected chi connectivity index (χ3v) is 6.67. The Bertz CT molecular complexity index is 927. The summed E-state index contributed by atoms with van der Waals surface area (Å²) >= 11 is 1.55. The van der Waals surface area contributed by atoms with Crippen molar-refractivity contribution in [1.82, 2.24) is 20.1 Å². The van der Waals surface area contributed by atoms with E-state index in [-0.39, 0.29) is 18.2 Å². The van der Waals surface area contributed by atoms with Crippen molar-refractivity contribution in [2.24, 2.45) is 0 Å². The van der Waals surface area contributed by atoms with E-state index < -0.39 is 6.04 Å². The molecule has 7 nitrogen and oxygen atoms in total. The van der Waals surface area contributed by atoms with E-state index in [4.69, 9.17) is 4.74 Å². The van der Waals surface area contributed by atoms with Crippen LogP contribution < -0.4 is 10.1 Å². The summed E-state index contributed by atoms with van der Waals surface area (Å²) in [4.78, 5) is 33.6. The lowest BCUT2D eigenvalue weighted by Gasteiger charge is -2.35. The monoisotopic (exact) mass is 430 g/mol. The van der Waals surface area contributed by atoms with Crippen molar-refractivity contribution >= 4 is 23.2 Å². The molecule has 0 bridgehead atoms. The highest BCUT2D eigenvalue weighted by atomic mass is 32.1. The van der Waals surface area contributed by atoms with Crippen molar-refractivity contribution < 1.29 is 14.3 Å². The van der Waals surface area contributed by atoms with Crippen LogP contribution in [0.25, 0.3) is 0 Å². The van der Waals surface area contributed by atoms with Gasteiger partial charge in [0.25, 0.3) is 0 Å². The van der Waals surface area contributed by atoms with Crippen LogP contribution in [0.1, 0.15) is 33.8 Å². The van der Waals surface area contributed by atoms with Crippen LogP contribution in [0, 0.1) is 20.8 Å². The van der Waals surface area contributed by atoms with Gasteiger partial charge >= 0.3 is 0 Å². The van der Waals surface area contributed by atoms with Crippen LogP contribution in [0.4, 0.5) is 0 Å². The largest absolute Gasteiger partial charge is 0.496 e. The minimum atomic E-state index is -0.478. The summed E-state index contributed by atoms with van der Waals surface area (Å²) in [6, 6.07) is 3.53. The lowest BCUT2D eigenvalue weighted by atomic mass is 10.00. The fourth-order valence-electron chi connectivity index (χ4n) is 3.72. The Morgan fingerprint density at radius 2 is 2.10 bits per heavy atom. The SMILES string of the molecule is COc1ccc(CN2CCNC(=O)[C@@H]2CC(=O)N(C)Cc2nc(C)cs2)c(C)c1C. The number of thiazole rings is 1. The standard InChI is InChI=1S/C22H30N4O3S/c1-14-13-30-20(24-14)12-25(4)21(27)10-18-22(28)23-8-9-26(18)11-17-6-7-19(29-5)16(3)15(17)2/h6-7,13,18H,8-12H2,1-5H3,(H,23,28)/t18-/m0/s1. The van der Waals surface area contributed by atoms with Crippen molar-refractivity contribution in [3.05, 3.63) is 44.9 Å². The molecule has 2 amide bonds. The van der Waals surface area contributed by atoms with Gasteiger partial charge in [0.1, 0.15) is 10.8 Å². The van der Waals surface area contributed by atoms with Crippen molar-refractivity contribution in [2.45, 2.75) is 46.3 Å². The van der Waals surface area contributed by atoms with Crippen molar-refractivity contribution in [3.63, 3.8) is 0 Å². The number of aryl methyl sites for hydroxylation is 1. The maximum absolute atomic E-state index is 12.9. The second-order valence-corrected chi connectivity index (χ2v) is 8.73. The molecule has 1 fully saturated rings. The second kappa shape index (κ2) is 9.57. The van der Waals surface area contributed by atoms with Gasteiger partial charge in [0.15, 0.2) is 0 Å². The molecule has 30 heavy (non-hydrogen) atoms. The topological polar surface area (TPSA) is 74.8 Å². The Balaban J connectivity index is 1.71. The molecule has 0 saturated carbocycles. The number of methoxy groups -OCH3 is 1. The number of benzene rings is 1. The minimum absolute atomic E-state index is 0.0578. The van der Waals surface area contributed by atoms with Gasteiger partial charge in [-0.3, -0.25) is 14.5 Å². The molecule has 1 N–H and O–H groups in total. The highest BCUT2D eigenvalue weighted by Gasteiger charge is 2.33. The predicted molar refractivity (Wildman–Crippen MR) is 118 cm³/mol. The fraction of sp³-hybridized carbons (Fsp3) is 0.500. The maximum Gasteiger partial charge on any atom is 0.237 e. The highest BCUT2D eigenvalue weighted by Crippen LogP contribution is 2.26. The average Bonchev–Trinajstić information content (AvgIpc) is 3.12. The fourth-order valence-corrected chi connectivity index (χ4v) is 4.55. The molecule has 1 aromatic carbocycles. The van der Waals surface area contributed by atoms with Crippen molar-refractivity contribution in [3.8, 4) is 5.75 Å². The number of piperazine rings is 1. The number of nitrogens with zero attached hydrogens (tertiary/aromatic N) is 3. The first-order valence-corrected chi connectivity index (χ1v) is 11.0. The van der Waals surface area contributed by atoms with Crippen molar-refractivity contribution in [2.75, 3.05) is 27.2 Å². The molecular weight excluding hydrogens is 400 g/mol. The zero-order valence-corrected chi connectivity index (χ0v) is 19.1. The van der Waals surface area contributed by atoms with Gasteiger partial charge in [-0.2, -0.15) is 0 Å². The molecule has 2 aromatic rings. The Kier molecular flexibility index (Phi) is 7.10. The molecule has 0 unspecified atom stereocenters. The molecule has 0 radical (unpaired) electrons. The molecule has 8 heteroatoms. The minimum Gasteiger partial charge on any atom is -0.496 e. The molecule has 1 aliphatic rings. The zero-order valence-electron chi connectivity index (χ0n) is 18.3. The average molecular weight is 431 g/mol. The number of hydrogen-bond acceptors (Lipinski definition) is 6. The van der Waals surface area contributed by atoms with E-state index in [1.54, 1.807) is 30.4 Å². The molecule has 1 saturated heterocycles.